The molecule has 21 heteroatoms. The Balaban J connectivity index is 0.00000871. The number of nitrogens with zero attached hydrogens (tertiary/aromatic N) is 4. The zero-order valence-electron chi connectivity index (χ0n) is 33.6. The van der Waals surface area contributed by atoms with Crippen LogP contribution in [0.25, 0.3) is 22.2 Å². The van der Waals surface area contributed by atoms with Crippen molar-refractivity contribution in [1.29, 1.82) is 0 Å². The van der Waals surface area contributed by atoms with Crippen LogP contribution >= 0.6 is 0 Å². The molecular weight excluding hydrogens is 875 g/mol. The van der Waals surface area contributed by atoms with Gasteiger partial charge in [0.05, 0.1) is 11.4 Å². The largest absolute Gasteiger partial charge is 0.664 e. The number of carboxylic acids is 8. The van der Waals surface area contributed by atoms with Crippen LogP contribution in [0.3, 0.4) is 0 Å². The molecule has 4 atom stereocenters. The van der Waals surface area contributed by atoms with E-state index in [1.165, 1.54) is 38.1 Å². The van der Waals surface area contributed by atoms with Crippen molar-refractivity contribution in [3.05, 3.63) is 69.6 Å². The van der Waals surface area contributed by atoms with Gasteiger partial charge in [0, 0.05) is 100 Å². The summed E-state index contributed by atoms with van der Waals surface area (Å²) in [6, 6.07) is 4.97. The van der Waals surface area contributed by atoms with Crippen molar-refractivity contribution < 1.29 is 96.0 Å². The predicted molar refractivity (Wildman–Crippen MR) is 191 cm³/mol. The fourth-order valence-corrected chi connectivity index (χ4v) is 8.70. The van der Waals surface area contributed by atoms with Crippen LogP contribution in [-0.4, -0.2) is 57.7 Å². The van der Waals surface area contributed by atoms with Crippen LogP contribution in [-0.2, 0) is 78.8 Å². The van der Waals surface area contributed by atoms with Crippen LogP contribution in [0.2, 0.25) is 0 Å². The van der Waals surface area contributed by atoms with Gasteiger partial charge in [-0.3, -0.25) is 4.98 Å². The van der Waals surface area contributed by atoms with Crippen LogP contribution in [0.5, 0.6) is 0 Å². The molecule has 0 unspecified atom stereocenters. The van der Waals surface area contributed by atoms with Gasteiger partial charge < -0.3 is 89.2 Å². The third kappa shape index (κ3) is 11.1. The van der Waals surface area contributed by atoms with Crippen LogP contribution in [0.15, 0.2) is 24.3 Å². The maximum Gasteiger partial charge on any atom is 0.0661 e. The van der Waals surface area contributed by atoms with E-state index in [1.807, 2.05) is 0 Å². The number of hydrogen-bond acceptors (Lipinski definition) is 18. The smallest absolute Gasteiger partial charge is 0.0661 e. The number of hydrogen-bond donors (Lipinski definition) is 0. The molecule has 0 saturated heterocycles. The first-order valence-electron chi connectivity index (χ1n) is 19.3. The quantitative estimate of drug-likeness (QED) is 0.119. The maximum absolute atomic E-state index is 12.4. The van der Waals surface area contributed by atoms with Gasteiger partial charge in [-0.1, -0.05) is 49.2 Å². The molecular formula is C42H36CoN4O16-10. The molecule has 339 valence electrons. The van der Waals surface area contributed by atoms with Crippen LogP contribution in [0.4, 0.5) is 0 Å². The van der Waals surface area contributed by atoms with Gasteiger partial charge in [-0.15, -0.1) is 11.0 Å². The standard InChI is InChI=1S/C42H46N4O16.Co/c1-41(17-39(59)60)23(5-9-35(51)52)29-14-27-21(11-37(55)56)19(3-7-33(47)48)25(43-27)13-26-20(4-8-34(49)50)22(12-38(57)58)28(44-26)15-31-42(2,18-40(61)62)24(6-10-36(53)54)30(46-31)16-32(41)45-29;/h13-16,23-24H,3-12,17-18H2,1-2H3,(H10,43,44,45,46,47,48,49,50,51,52,53,54,55,56,57,58,59,60,61,62);/p-10/t23-,24-,41+,42+;/m1./s1. The van der Waals surface area contributed by atoms with Gasteiger partial charge in [-0.2, -0.15) is 11.4 Å². The maximum atomic E-state index is 12.4. The van der Waals surface area contributed by atoms with E-state index in [2.05, 4.69) is 9.97 Å². The zero-order valence-corrected chi connectivity index (χ0v) is 34.6. The van der Waals surface area contributed by atoms with Gasteiger partial charge in [0.15, 0.2) is 0 Å². The summed E-state index contributed by atoms with van der Waals surface area (Å²) in [6.07, 6.45) is -7.46. The Bertz CT molecular complexity index is 2490. The van der Waals surface area contributed by atoms with Gasteiger partial charge in [-0.25, -0.2) is 4.98 Å². The number of allylic oxidation sites excluding steroid dienone is 1. The summed E-state index contributed by atoms with van der Waals surface area (Å²) >= 11 is 0. The number of aryl methyl sites for hydroxylation is 1. The molecule has 0 spiro atoms. The summed E-state index contributed by atoms with van der Waals surface area (Å²) < 4.78 is 0. The van der Waals surface area contributed by atoms with Crippen LogP contribution in [0, 0.1) is 0 Å². The summed E-state index contributed by atoms with van der Waals surface area (Å²) in [4.78, 5) is 115. The first-order valence-corrected chi connectivity index (χ1v) is 19.3. The van der Waals surface area contributed by atoms with Crippen molar-refractivity contribution >= 4 is 69.9 Å². The molecule has 0 fully saturated rings. The third-order valence-electron chi connectivity index (χ3n) is 11.6. The molecule has 0 amide bonds. The zero-order chi connectivity index (χ0) is 45.8. The summed E-state index contributed by atoms with van der Waals surface area (Å²) in [6.45, 7) is 2.84. The van der Waals surface area contributed by atoms with Crippen LogP contribution < -0.4 is 50.8 Å². The van der Waals surface area contributed by atoms with E-state index in [-0.39, 0.29) is 97.1 Å². The SMILES string of the molecule is C[C@@]1(CC(=O)[O-])c2cc3[n-]c(cc4nc(cc5[n-]c(cc(n2)[C@H]1CCC(=O)[O-])[C@@](C)(CC(=O)[O-])[C@@H]5CCC(=O)[O-])C(CC(=O)[O-])=C4CCC(=O)[O-])c(CCC(=O)[O-])c3CC(=O)[O-].[Co]. The molecule has 5 heterocycles. The third-order valence-corrected chi connectivity index (χ3v) is 11.6. The van der Waals surface area contributed by atoms with Gasteiger partial charge in [0.25, 0.3) is 0 Å². The molecule has 0 saturated carbocycles. The van der Waals surface area contributed by atoms with Gasteiger partial charge in [-0.05, 0) is 86.7 Å². The van der Waals surface area contributed by atoms with E-state index < -0.39 is 135 Å². The molecule has 2 aromatic heterocycles. The average Bonchev–Trinajstić information content (AvgIpc) is 3.77. The molecule has 20 nitrogen and oxygen atoms in total. The Labute approximate surface area is 368 Å². The monoisotopic (exact) mass is 911 g/mol. The van der Waals surface area contributed by atoms with E-state index in [9.17, 15) is 79.2 Å². The Morgan fingerprint density at radius 3 is 1.62 bits per heavy atom. The number of aromatic nitrogens is 4. The Kier molecular flexibility index (Phi) is 15.3. The molecule has 5 rings (SSSR count). The molecule has 1 radical (unpaired) electrons. The molecule has 3 aliphatic heterocycles. The van der Waals surface area contributed by atoms with E-state index in [1.54, 1.807) is 0 Å². The number of carboxylic acid groups (broad SMARTS) is 8. The molecule has 8 bridgehead atoms. The summed E-state index contributed by atoms with van der Waals surface area (Å²) in [5, 5.41) is 96.4. The molecule has 2 aromatic rings. The van der Waals surface area contributed by atoms with E-state index in [4.69, 9.17) is 9.97 Å². The van der Waals surface area contributed by atoms with Crippen molar-refractivity contribution in [2.45, 2.75) is 114 Å². The van der Waals surface area contributed by atoms with E-state index in [0.29, 0.717) is 0 Å². The Morgan fingerprint density at radius 1 is 0.540 bits per heavy atom. The fraction of sp³-hybridized carbons (Fsp3) is 0.429. The van der Waals surface area contributed by atoms with Gasteiger partial charge >= 0.3 is 0 Å². The second-order valence-corrected chi connectivity index (χ2v) is 15.8. The van der Waals surface area contributed by atoms with Crippen molar-refractivity contribution in [3.8, 4) is 0 Å². The molecule has 0 aromatic carbocycles. The summed E-state index contributed by atoms with van der Waals surface area (Å²) in [5.74, 6) is -14.9. The van der Waals surface area contributed by atoms with Crippen molar-refractivity contribution in [2.75, 3.05) is 0 Å². The van der Waals surface area contributed by atoms with Crippen molar-refractivity contribution in [1.82, 2.24) is 19.9 Å². The summed E-state index contributed by atoms with van der Waals surface area (Å²) in [5.41, 5.74) is -4.43. The Hall–Kier alpha value is -6.61. The minimum Gasteiger partial charge on any atom is -0.664 e. The van der Waals surface area contributed by atoms with Gasteiger partial charge in [0.1, 0.15) is 0 Å². The average molecular weight is 912 g/mol. The minimum absolute atomic E-state index is 0. The second-order valence-electron chi connectivity index (χ2n) is 15.8. The summed E-state index contributed by atoms with van der Waals surface area (Å²) in [7, 11) is 0. The number of carbonyl (C=O) groups is 8. The normalized spacial score (nSPS) is 19.7. The van der Waals surface area contributed by atoms with E-state index >= 15 is 0 Å². The minimum atomic E-state index is -1.67. The number of aliphatic carboxylic acids is 8. The first kappa shape index (κ1) is 49.0. The topological polar surface area (TPSA) is 375 Å². The fourth-order valence-electron chi connectivity index (χ4n) is 8.70. The van der Waals surface area contributed by atoms with Crippen molar-refractivity contribution in [3.63, 3.8) is 0 Å². The predicted octanol–water partition coefficient (Wildman–Crippen LogP) is -6.73. The molecule has 63 heavy (non-hydrogen) atoms. The first-order chi connectivity index (χ1) is 29.0. The molecule has 0 N–H and O–H groups in total. The van der Waals surface area contributed by atoms with E-state index in [0.717, 1.165) is 0 Å². The number of carbonyl (C=O) groups excluding carboxylic acids is 8. The Morgan fingerprint density at radius 2 is 1.06 bits per heavy atom. The van der Waals surface area contributed by atoms with Crippen molar-refractivity contribution in [2.24, 2.45) is 0 Å². The van der Waals surface area contributed by atoms with Crippen LogP contribution in [0.1, 0.15) is 135 Å². The number of rotatable bonds is 20. The van der Waals surface area contributed by atoms with Gasteiger partial charge in [0.2, 0.25) is 0 Å². The molecule has 0 aliphatic carbocycles. The second kappa shape index (κ2) is 19.6. The molecule has 3 aliphatic rings. The number of fused-ring (bicyclic) bond motifs is 8.